The fraction of sp³-hybridized carbons (Fsp3) is 0.588. The van der Waals surface area contributed by atoms with Crippen LogP contribution in [0.2, 0.25) is 5.02 Å². The van der Waals surface area contributed by atoms with Crippen molar-refractivity contribution in [2.75, 3.05) is 7.05 Å². The van der Waals surface area contributed by atoms with Gasteiger partial charge < -0.3 is 5.32 Å². The van der Waals surface area contributed by atoms with Crippen LogP contribution in [0.15, 0.2) is 24.3 Å². The van der Waals surface area contributed by atoms with Crippen molar-refractivity contribution in [2.45, 2.75) is 57.4 Å². The van der Waals surface area contributed by atoms with Gasteiger partial charge in [0.05, 0.1) is 0 Å². The smallest absolute Gasteiger partial charge is 0.0406 e. The lowest BCUT2D eigenvalue weighted by molar-refractivity contribution is 0.394. The standard InChI is InChI=1S/C10H10Cl.C7H15N.ClH/c11-10-6-4-9(5-7-10)8-2-1-3-8;1-8-7-5-3-2-4-6-7;/h4-7H,1-3H2;7-8H,2-6H2,1H3;1H. The Labute approximate surface area is 134 Å². The van der Waals surface area contributed by atoms with Crippen molar-refractivity contribution in [1.82, 2.24) is 5.32 Å². The maximum atomic E-state index is 5.77. The van der Waals surface area contributed by atoms with E-state index in [1.807, 2.05) is 12.1 Å². The molecule has 0 heterocycles. The predicted molar refractivity (Wildman–Crippen MR) is 90.8 cm³/mol. The minimum Gasteiger partial charge on any atom is -0.317 e. The molecule has 1 nitrogen and oxygen atoms in total. The molecule has 1 N–H and O–H groups in total. The number of hydrogen-bond acceptors (Lipinski definition) is 1. The molecule has 1 aromatic carbocycles. The number of hydrogen-bond donors (Lipinski definition) is 1. The first-order chi connectivity index (χ1) is 9.29. The van der Waals surface area contributed by atoms with Crippen LogP contribution in [-0.4, -0.2) is 13.1 Å². The van der Waals surface area contributed by atoms with E-state index >= 15 is 0 Å². The average molecular weight is 315 g/mol. The molecule has 3 heteroatoms. The van der Waals surface area contributed by atoms with Gasteiger partial charge in [-0.15, -0.1) is 12.4 Å². The second kappa shape index (κ2) is 9.65. The maximum Gasteiger partial charge on any atom is 0.0406 e. The van der Waals surface area contributed by atoms with Crippen LogP contribution in [0.4, 0.5) is 0 Å². The summed E-state index contributed by atoms with van der Waals surface area (Å²) in [5.74, 6) is 1.58. The zero-order valence-corrected chi connectivity index (χ0v) is 13.9. The van der Waals surface area contributed by atoms with Gasteiger partial charge in [-0.05, 0) is 50.4 Å². The van der Waals surface area contributed by atoms with Gasteiger partial charge in [-0.1, -0.05) is 49.4 Å². The summed E-state index contributed by atoms with van der Waals surface area (Å²) >= 11 is 5.77. The van der Waals surface area contributed by atoms with Crippen LogP contribution >= 0.6 is 24.0 Å². The normalized spacial score (nSPS) is 19.3. The molecule has 0 bridgehead atoms. The van der Waals surface area contributed by atoms with Crippen molar-refractivity contribution in [1.29, 1.82) is 0 Å². The van der Waals surface area contributed by atoms with Gasteiger partial charge in [0.15, 0.2) is 0 Å². The van der Waals surface area contributed by atoms with Gasteiger partial charge in [-0.25, -0.2) is 0 Å². The first-order valence-electron chi connectivity index (χ1n) is 7.57. The number of rotatable bonds is 2. The number of benzene rings is 1. The molecule has 0 aliphatic heterocycles. The maximum absolute atomic E-state index is 5.77. The average Bonchev–Trinajstić information content (AvgIpc) is 2.41. The molecule has 2 fully saturated rings. The third-order valence-corrected chi connectivity index (χ3v) is 4.47. The Bertz CT molecular complexity index is 354. The van der Waals surface area contributed by atoms with E-state index in [2.05, 4.69) is 24.5 Å². The van der Waals surface area contributed by atoms with Gasteiger partial charge >= 0.3 is 0 Å². The molecule has 113 valence electrons. The second-order valence-electron chi connectivity index (χ2n) is 5.59. The topological polar surface area (TPSA) is 12.0 Å². The molecule has 2 aliphatic rings. The Morgan fingerprint density at radius 1 is 0.950 bits per heavy atom. The van der Waals surface area contributed by atoms with Crippen LogP contribution < -0.4 is 5.32 Å². The fourth-order valence-corrected chi connectivity index (χ4v) is 2.85. The van der Waals surface area contributed by atoms with Crippen LogP contribution in [0.5, 0.6) is 0 Å². The highest BCUT2D eigenvalue weighted by atomic mass is 35.5. The van der Waals surface area contributed by atoms with E-state index in [9.17, 15) is 0 Å². The molecule has 2 saturated carbocycles. The van der Waals surface area contributed by atoms with Crippen molar-refractivity contribution < 1.29 is 0 Å². The Hall–Kier alpha value is -0.240. The molecule has 0 atom stereocenters. The number of halogens is 2. The van der Waals surface area contributed by atoms with Crippen LogP contribution in [0.3, 0.4) is 0 Å². The van der Waals surface area contributed by atoms with E-state index in [-0.39, 0.29) is 12.4 Å². The number of nitrogens with one attached hydrogen (secondary N) is 1. The molecule has 20 heavy (non-hydrogen) atoms. The van der Waals surface area contributed by atoms with E-state index in [0.29, 0.717) is 0 Å². The largest absolute Gasteiger partial charge is 0.317 e. The SMILES string of the molecule is CNC1CCCCC1.Cl.Clc1ccc([C]2CCC2)cc1. The molecular weight excluding hydrogens is 289 g/mol. The summed E-state index contributed by atoms with van der Waals surface area (Å²) in [6, 6.07) is 8.97. The molecule has 0 aromatic heterocycles. The second-order valence-corrected chi connectivity index (χ2v) is 6.02. The van der Waals surface area contributed by atoms with Gasteiger partial charge in [-0.3, -0.25) is 0 Å². The van der Waals surface area contributed by atoms with E-state index in [1.165, 1.54) is 56.9 Å². The third kappa shape index (κ3) is 5.63. The molecule has 0 unspecified atom stereocenters. The van der Waals surface area contributed by atoms with Crippen molar-refractivity contribution in [3.63, 3.8) is 0 Å². The highest BCUT2D eigenvalue weighted by Gasteiger charge is 2.19. The van der Waals surface area contributed by atoms with Gasteiger partial charge in [-0.2, -0.15) is 0 Å². The van der Waals surface area contributed by atoms with E-state index in [0.717, 1.165) is 11.1 Å². The first-order valence-corrected chi connectivity index (χ1v) is 7.95. The van der Waals surface area contributed by atoms with Crippen LogP contribution in [-0.2, 0) is 0 Å². The van der Waals surface area contributed by atoms with Gasteiger partial charge in [0.2, 0.25) is 0 Å². The summed E-state index contributed by atoms with van der Waals surface area (Å²) in [6.45, 7) is 0. The molecule has 1 aromatic rings. The minimum atomic E-state index is 0. The molecule has 0 saturated heterocycles. The lowest BCUT2D eigenvalue weighted by Gasteiger charge is -2.24. The third-order valence-electron chi connectivity index (χ3n) is 4.22. The van der Waals surface area contributed by atoms with Gasteiger partial charge in [0.25, 0.3) is 0 Å². The minimum absolute atomic E-state index is 0. The summed E-state index contributed by atoms with van der Waals surface area (Å²) < 4.78 is 0. The predicted octanol–water partition coefficient (Wildman–Crippen LogP) is 5.41. The monoisotopic (exact) mass is 314 g/mol. The van der Waals surface area contributed by atoms with Crippen molar-refractivity contribution in [3.8, 4) is 0 Å². The van der Waals surface area contributed by atoms with Crippen LogP contribution in [0.1, 0.15) is 56.9 Å². The van der Waals surface area contributed by atoms with Crippen LogP contribution in [0.25, 0.3) is 0 Å². The molecule has 1 radical (unpaired) electrons. The van der Waals surface area contributed by atoms with Crippen LogP contribution in [0, 0.1) is 5.92 Å². The van der Waals surface area contributed by atoms with Gasteiger partial charge in [0.1, 0.15) is 0 Å². The van der Waals surface area contributed by atoms with E-state index < -0.39 is 0 Å². The van der Waals surface area contributed by atoms with Crippen molar-refractivity contribution in [2.24, 2.45) is 0 Å². The van der Waals surface area contributed by atoms with Crippen molar-refractivity contribution in [3.05, 3.63) is 40.8 Å². The van der Waals surface area contributed by atoms with Gasteiger partial charge in [0, 0.05) is 17.0 Å². The summed E-state index contributed by atoms with van der Waals surface area (Å²) in [7, 11) is 2.07. The Morgan fingerprint density at radius 3 is 1.95 bits per heavy atom. The fourth-order valence-electron chi connectivity index (χ4n) is 2.72. The Kier molecular flexibility index (Phi) is 8.60. The zero-order chi connectivity index (χ0) is 13.5. The lowest BCUT2D eigenvalue weighted by atomic mass is 9.80. The first kappa shape index (κ1) is 17.8. The Balaban J connectivity index is 0.000000200. The molecule has 2 aliphatic carbocycles. The summed E-state index contributed by atoms with van der Waals surface area (Å²) in [5, 5.41) is 4.13. The lowest BCUT2D eigenvalue weighted by Crippen LogP contribution is -2.26. The molecule has 0 spiro atoms. The molecule has 3 rings (SSSR count). The zero-order valence-electron chi connectivity index (χ0n) is 12.3. The molecular formula is C17H26Cl2N. The summed E-state index contributed by atoms with van der Waals surface area (Å²) in [5.41, 5.74) is 1.38. The summed E-state index contributed by atoms with van der Waals surface area (Å²) in [6.07, 6.45) is 11.0. The highest BCUT2D eigenvalue weighted by molar-refractivity contribution is 6.30. The van der Waals surface area contributed by atoms with Crippen molar-refractivity contribution >= 4 is 24.0 Å². The summed E-state index contributed by atoms with van der Waals surface area (Å²) in [4.78, 5) is 0. The highest BCUT2D eigenvalue weighted by Crippen LogP contribution is 2.35. The quantitative estimate of drug-likeness (QED) is 0.770. The van der Waals surface area contributed by atoms with E-state index in [1.54, 1.807) is 5.92 Å². The Morgan fingerprint density at radius 2 is 1.55 bits per heavy atom. The van der Waals surface area contributed by atoms with E-state index in [4.69, 9.17) is 11.6 Å². The molecule has 0 amide bonds.